The van der Waals surface area contributed by atoms with Gasteiger partial charge in [0.25, 0.3) is 0 Å². The second-order valence-electron chi connectivity index (χ2n) is 12.2. The summed E-state index contributed by atoms with van der Waals surface area (Å²) < 4.78 is 35.0. The van der Waals surface area contributed by atoms with Gasteiger partial charge in [-0.15, -0.1) is 0 Å². The zero-order valence-electron chi connectivity index (χ0n) is 28.5. The fourth-order valence-corrected chi connectivity index (χ4v) is 10.7. The van der Waals surface area contributed by atoms with Crippen molar-refractivity contribution >= 4 is 67.4 Å². The van der Waals surface area contributed by atoms with E-state index in [1.165, 1.54) is 0 Å². The first-order chi connectivity index (χ1) is 22.4. The van der Waals surface area contributed by atoms with Crippen LogP contribution in [0.1, 0.15) is 79.1 Å². The molecule has 16 heteroatoms. The predicted octanol–water partition coefficient (Wildman–Crippen LogP) is 6.70. The molecule has 0 saturated carbocycles. The van der Waals surface area contributed by atoms with Crippen LogP contribution in [0.3, 0.4) is 0 Å². The van der Waals surface area contributed by atoms with E-state index in [0.717, 1.165) is 55.1 Å². The SMILES string of the molecule is CC(C)O.COCC1(COC(=O)OCCCCCC(=O)OC(C)C)CSSC1.O=C1CCCCCO1.O=C1OCC2(CO1)CSSC2. The topological polar surface area (TPSA) is 153 Å². The van der Waals surface area contributed by atoms with Crippen LogP contribution >= 0.6 is 43.2 Å². The van der Waals surface area contributed by atoms with Crippen molar-refractivity contribution in [3.63, 3.8) is 0 Å². The van der Waals surface area contributed by atoms with Crippen LogP contribution < -0.4 is 0 Å². The second kappa shape index (κ2) is 25.7. The van der Waals surface area contributed by atoms with E-state index in [4.69, 9.17) is 38.3 Å². The van der Waals surface area contributed by atoms with Crippen LogP contribution in [-0.4, -0.2) is 111 Å². The summed E-state index contributed by atoms with van der Waals surface area (Å²) in [4.78, 5) is 44.0. The molecule has 0 radical (unpaired) electrons. The van der Waals surface area contributed by atoms with Gasteiger partial charge in [0.1, 0.15) is 19.8 Å². The number of hydrogen-bond acceptors (Lipinski definition) is 16. The molecule has 0 aromatic carbocycles. The van der Waals surface area contributed by atoms with E-state index in [0.29, 0.717) is 58.9 Å². The van der Waals surface area contributed by atoms with Crippen LogP contribution in [-0.2, 0) is 42.7 Å². The second-order valence-corrected chi connectivity index (χ2v) is 17.1. The monoisotopic (exact) mass is 746 g/mol. The Kier molecular flexibility index (Phi) is 24.0. The summed E-state index contributed by atoms with van der Waals surface area (Å²) >= 11 is 0. The third-order valence-electron chi connectivity index (χ3n) is 6.47. The average Bonchev–Trinajstić information content (AvgIpc) is 3.61. The predicted molar refractivity (Wildman–Crippen MR) is 188 cm³/mol. The van der Waals surface area contributed by atoms with Gasteiger partial charge in [0.15, 0.2) is 0 Å². The summed E-state index contributed by atoms with van der Waals surface area (Å²) in [7, 11) is 8.85. The molecule has 0 atom stereocenters. The molecule has 47 heavy (non-hydrogen) atoms. The van der Waals surface area contributed by atoms with Crippen molar-refractivity contribution in [1.82, 2.24) is 0 Å². The number of aliphatic hydroxyl groups excluding tert-OH is 1. The quantitative estimate of drug-likeness (QED) is 0.103. The molecule has 1 spiro atoms. The molecule has 4 aliphatic heterocycles. The maximum absolute atomic E-state index is 11.6. The molecule has 1 N–H and O–H groups in total. The molecule has 0 unspecified atom stereocenters. The lowest BCUT2D eigenvalue weighted by molar-refractivity contribution is -0.147. The van der Waals surface area contributed by atoms with E-state index in [-0.39, 0.29) is 35.0 Å². The van der Waals surface area contributed by atoms with Crippen LogP contribution in [0.2, 0.25) is 0 Å². The highest BCUT2D eigenvalue weighted by atomic mass is 33.1. The number of carbonyl (C=O) groups is 4. The van der Waals surface area contributed by atoms with Gasteiger partial charge in [-0.25, -0.2) is 9.59 Å². The van der Waals surface area contributed by atoms with E-state index in [1.807, 2.05) is 35.4 Å². The molecule has 0 aromatic rings. The number of rotatable bonds is 11. The van der Waals surface area contributed by atoms with Crippen molar-refractivity contribution < 1.29 is 57.4 Å². The van der Waals surface area contributed by atoms with Crippen LogP contribution in [0.15, 0.2) is 0 Å². The normalized spacial score (nSPS) is 19.3. The largest absolute Gasteiger partial charge is 0.508 e. The lowest BCUT2D eigenvalue weighted by atomic mass is 9.95. The minimum atomic E-state index is -0.633. The molecule has 4 rings (SSSR count). The number of aliphatic hydroxyl groups is 1. The molecule has 4 heterocycles. The Bertz CT molecular complexity index is 869. The van der Waals surface area contributed by atoms with Gasteiger partial charge in [-0.3, -0.25) is 9.59 Å². The molecular formula is C31H54O12S4. The molecule has 274 valence electrons. The lowest BCUT2D eigenvalue weighted by Crippen LogP contribution is -2.41. The third kappa shape index (κ3) is 22.2. The zero-order valence-corrected chi connectivity index (χ0v) is 31.7. The van der Waals surface area contributed by atoms with E-state index in [1.54, 1.807) is 42.5 Å². The van der Waals surface area contributed by atoms with E-state index in [9.17, 15) is 19.2 Å². The summed E-state index contributed by atoms with van der Waals surface area (Å²) in [6, 6.07) is 0. The summed E-state index contributed by atoms with van der Waals surface area (Å²) in [6.07, 6.45) is 5.08. The third-order valence-corrected chi connectivity index (χ3v) is 12.1. The summed E-state index contributed by atoms with van der Waals surface area (Å²) in [5, 5.41) is 8.06. The summed E-state index contributed by atoms with van der Waals surface area (Å²) in [6.45, 7) is 10.0. The van der Waals surface area contributed by atoms with E-state index >= 15 is 0 Å². The number of carbonyl (C=O) groups excluding carboxylic acids is 4. The first kappa shape index (κ1) is 43.8. The number of cyclic esters (lactones) is 3. The standard InChI is InChI=1S/C16H28O6S2.C6H8O3S2.C6H10O2.C3H8O/c1-13(2)22-14(17)7-5-4-6-8-20-15(18)21-10-16(9-19-3)11-23-24-12-16;7-5-8-1-6(2-9-5)3-10-11-4-6;7-6-4-2-1-3-5-8-6;1-3(2)4/h13H,4-12H2,1-3H3;1-4H2;1-5H2;3-4H,1-2H3. The Morgan fingerprint density at radius 1 is 0.830 bits per heavy atom. The Morgan fingerprint density at radius 2 is 1.45 bits per heavy atom. The van der Waals surface area contributed by atoms with Crippen LogP contribution in [0.25, 0.3) is 0 Å². The number of ether oxygens (including phenoxy) is 7. The molecule has 4 saturated heterocycles. The molecule has 0 bridgehead atoms. The van der Waals surface area contributed by atoms with Gasteiger partial charge in [0.2, 0.25) is 0 Å². The minimum absolute atomic E-state index is 0.0255. The highest BCUT2D eigenvalue weighted by molar-refractivity contribution is 8.77. The molecule has 4 fully saturated rings. The number of esters is 2. The van der Waals surface area contributed by atoms with E-state index in [2.05, 4.69) is 0 Å². The number of methoxy groups -OCH3 is 1. The van der Waals surface area contributed by atoms with Gasteiger partial charge >= 0.3 is 24.2 Å². The zero-order chi connectivity index (χ0) is 35.0. The fourth-order valence-electron chi connectivity index (χ4n) is 4.02. The maximum Gasteiger partial charge on any atom is 0.508 e. The van der Waals surface area contributed by atoms with Crippen molar-refractivity contribution in [2.45, 2.75) is 91.3 Å². The van der Waals surface area contributed by atoms with Crippen molar-refractivity contribution in [3.8, 4) is 0 Å². The number of hydrogen-bond donors (Lipinski definition) is 1. The van der Waals surface area contributed by atoms with Crippen molar-refractivity contribution in [1.29, 1.82) is 0 Å². The molecule has 0 aromatic heterocycles. The molecule has 0 aliphatic carbocycles. The Balaban J connectivity index is 0.000000388. The highest BCUT2D eigenvalue weighted by Crippen LogP contribution is 2.45. The average molecular weight is 747 g/mol. The molecule has 0 amide bonds. The van der Waals surface area contributed by atoms with Crippen molar-refractivity contribution in [2.24, 2.45) is 10.8 Å². The smallest absolute Gasteiger partial charge is 0.466 e. The fraction of sp³-hybridized carbons (Fsp3) is 0.871. The van der Waals surface area contributed by atoms with Gasteiger partial charge in [0.05, 0.1) is 31.3 Å². The number of unbranched alkanes of at least 4 members (excludes halogenated alkanes) is 2. The van der Waals surface area contributed by atoms with Crippen LogP contribution in [0, 0.1) is 10.8 Å². The van der Waals surface area contributed by atoms with Crippen molar-refractivity contribution in [2.75, 3.05) is 69.8 Å². The molecule has 12 nitrogen and oxygen atoms in total. The first-order valence-corrected chi connectivity index (χ1v) is 21.0. The maximum atomic E-state index is 11.6. The lowest BCUT2D eigenvalue weighted by Gasteiger charge is -2.29. The van der Waals surface area contributed by atoms with Gasteiger partial charge in [-0.05, 0) is 66.2 Å². The Labute approximate surface area is 295 Å². The van der Waals surface area contributed by atoms with E-state index < -0.39 is 12.3 Å². The summed E-state index contributed by atoms with van der Waals surface area (Å²) in [5.74, 6) is 3.68. The van der Waals surface area contributed by atoms with Gasteiger partial charge in [-0.2, -0.15) is 0 Å². The summed E-state index contributed by atoms with van der Waals surface area (Å²) in [5.41, 5.74) is 0.00310. The first-order valence-electron chi connectivity index (χ1n) is 16.0. The highest BCUT2D eigenvalue weighted by Gasteiger charge is 2.41. The Morgan fingerprint density at radius 3 is 2.04 bits per heavy atom. The van der Waals surface area contributed by atoms with Crippen LogP contribution in [0.5, 0.6) is 0 Å². The molecule has 4 aliphatic rings. The van der Waals surface area contributed by atoms with Crippen molar-refractivity contribution in [3.05, 3.63) is 0 Å². The van der Waals surface area contributed by atoms with Gasteiger partial charge in [-0.1, -0.05) is 43.2 Å². The minimum Gasteiger partial charge on any atom is -0.466 e. The van der Waals surface area contributed by atoms with Crippen LogP contribution in [0.4, 0.5) is 9.59 Å². The van der Waals surface area contributed by atoms with Gasteiger partial charge < -0.3 is 38.3 Å². The Hall–Kier alpha value is -1.20. The molecular weight excluding hydrogens is 693 g/mol. The van der Waals surface area contributed by atoms with Gasteiger partial charge in [0, 0.05) is 54.5 Å².